The number of ketones is 1. The zero-order valence-corrected chi connectivity index (χ0v) is 11.7. The minimum Gasteiger partial charge on any atom is -0.300 e. The van der Waals surface area contributed by atoms with Crippen molar-refractivity contribution in [1.82, 2.24) is 9.97 Å². The molecular weight excluding hydrogens is 284 g/mol. The molecule has 0 unspecified atom stereocenters. The molecule has 0 fully saturated rings. The quantitative estimate of drug-likeness (QED) is 0.535. The molecular formula is C13H11ClN2O2S. The lowest BCUT2D eigenvalue weighted by Gasteiger charge is -2.04. The summed E-state index contributed by atoms with van der Waals surface area (Å²) in [6.45, 7) is 1.83. The van der Waals surface area contributed by atoms with E-state index in [1.807, 2.05) is 6.92 Å². The van der Waals surface area contributed by atoms with Crippen LogP contribution in [-0.2, 0) is 0 Å². The molecule has 2 aromatic rings. The third kappa shape index (κ3) is 3.68. The van der Waals surface area contributed by atoms with Crippen molar-refractivity contribution in [1.29, 1.82) is 0 Å². The molecule has 0 aliphatic heterocycles. The van der Waals surface area contributed by atoms with Crippen LogP contribution in [0, 0.1) is 6.92 Å². The maximum absolute atomic E-state index is 12.0. The van der Waals surface area contributed by atoms with E-state index < -0.39 is 5.69 Å². The molecule has 1 aromatic carbocycles. The Kier molecular flexibility index (Phi) is 4.39. The number of H-pyrrole nitrogens is 1. The number of hydrogen-bond donors (Lipinski definition) is 1. The summed E-state index contributed by atoms with van der Waals surface area (Å²) in [5.41, 5.74) is 1.03. The fourth-order valence-electron chi connectivity index (χ4n) is 1.45. The monoisotopic (exact) mass is 294 g/mol. The second-order valence-electron chi connectivity index (χ2n) is 3.92. The minimum absolute atomic E-state index is 0.0151. The van der Waals surface area contributed by atoms with Crippen molar-refractivity contribution in [2.24, 2.45) is 0 Å². The standard InChI is InChI=1S/C13H11ClN2O2S/c1-8-6-15-13(18)16-12(8)19-7-11(17)9-2-4-10(14)5-3-9/h2-6H,7H2,1H3,(H,15,16,18). The van der Waals surface area contributed by atoms with Crippen molar-refractivity contribution in [2.75, 3.05) is 5.75 Å². The van der Waals surface area contributed by atoms with Crippen LogP contribution < -0.4 is 5.69 Å². The number of benzene rings is 1. The molecule has 0 saturated heterocycles. The number of nitrogens with one attached hydrogen (secondary N) is 1. The van der Waals surface area contributed by atoms with E-state index in [2.05, 4.69) is 9.97 Å². The Morgan fingerprint density at radius 3 is 2.74 bits per heavy atom. The van der Waals surface area contributed by atoms with Gasteiger partial charge in [0.25, 0.3) is 0 Å². The van der Waals surface area contributed by atoms with Crippen LogP contribution in [0.4, 0.5) is 0 Å². The number of thioether (sulfide) groups is 1. The molecule has 0 bridgehead atoms. The molecule has 0 aliphatic rings. The molecule has 4 nitrogen and oxygen atoms in total. The first kappa shape index (κ1) is 13.8. The molecule has 0 atom stereocenters. The number of rotatable bonds is 4. The molecule has 1 N–H and O–H groups in total. The van der Waals surface area contributed by atoms with Crippen molar-refractivity contribution in [3.63, 3.8) is 0 Å². The summed E-state index contributed by atoms with van der Waals surface area (Å²) in [7, 11) is 0. The van der Waals surface area contributed by atoms with Gasteiger partial charge >= 0.3 is 5.69 Å². The number of nitrogens with zero attached hydrogens (tertiary/aromatic N) is 1. The van der Waals surface area contributed by atoms with Crippen LogP contribution in [0.1, 0.15) is 15.9 Å². The first-order valence-electron chi connectivity index (χ1n) is 5.54. The van der Waals surface area contributed by atoms with Gasteiger partial charge in [-0.25, -0.2) is 9.78 Å². The highest BCUT2D eigenvalue weighted by Gasteiger charge is 2.08. The number of aromatic nitrogens is 2. The molecule has 0 amide bonds. The molecule has 0 saturated carbocycles. The highest BCUT2D eigenvalue weighted by Crippen LogP contribution is 2.19. The van der Waals surface area contributed by atoms with E-state index in [1.54, 1.807) is 24.3 Å². The van der Waals surface area contributed by atoms with Crippen LogP contribution in [0.3, 0.4) is 0 Å². The third-order valence-electron chi connectivity index (χ3n) is 2.47. The van der Waals surface area contributed by atoms with E-state index in [0.717, 1.165) is 5.56 Å². The molecule has 0 aliphatic carbocycles. The number of aryl methyl sites for hydroxylation is 1. The van der Waals surface area contributed by atoms with Gasteiger partial charge in [0.1, 0.15) is 0 Å². The molecule has 6 heteroatoms. The Morgan fingerprint density at radius 1 is 1.37 bits per heavy atom. The van der Waals surface area contributed by atoms with Crippen molar-refractivity contribution >= 4 is 29.1 Å². The van der Waals surface area contributed by atoms with Crippen molar-refractivity contribution in [2.45, 2.75) is 11.9 Å². The fourth-order valence-corrected chi connectivity index (χ4v) is 2.46. The van der Waals surface area contributed by atoms with Crippen LogP contribution >= 0.6 is 23.4 Å². The number of halogens is 1. The van der Waals surface area contributed by atoms with Gasteiger partial charge in [0.05, 0.1) is 10.8 Å². The zero-order valence-electron chi connectivity index (χ0n) is 10.1. The summed E-state index contributed by atoms with van der Waals surface area (Å²) in [6.07, 6.45) is 1.49. The van der Waals surface area contributed by atoms with E-state index in [0.29, 0.717) is 15.6 Å². The number of hydrogen-bond acceptors (Lipinski definition) is 4. The molecule has 19 heavy (non-hydrogen) atoms. The largest absolute Gasteiger partial charge is 0.345 e. The van der Waals surface area contributed by atoms with Gasteiger partial charge in [-0.15, -0.1) is 0 Å². The van der Waals surface area contributed by atoms with E-state index >= 15 is 0 Å². The van der Waals surface area contributed by atoms with Gasteiger partial charge in [0.15, 0.2) is 5.78 Å². The second kappa shape index (κ2) is 6.04. The highest BCUT2D eigenvalue weighted by atomic mass is 35.5. The molecule has 1 heterocycles. The summed E-state index contributed by atoms with van der Waals surface area (Å²) in [6, 6.07) is 6.73. The lowest BCUT2D eigenvalue weighted by atomic mass is 10.1. The third-order valence-corrected chi connectivity index (χ3v) is 3.84. The average Bonchev–Trinajstić information content (AvgIpc) is 2.40. The molecule has 98 valence electrons. The normalized spacial score (nSPS) is 10.4. The summed E-state index contributed by atoms with van der Waals surface area (Å²) in [5, 5.41) is 1.26. The van der Waals surface area contributed by atoms with Crippen LogP contribution in [0.2, 0.25) is 5.02 Å². The maximum Gasteiger partial charge on any atom is 0.345 e. The molecule has 2 rings (SSSR count). The van der Waals surface area contributed by atoms with Gasteiger partial charge in [-0.3, -0.25) is 4.79 Å². The van der Waals surface area contributed by atoms with Gasteiger partial charge < -0.3 is 4.98 Å². The highest BCUT2D eigenvalue weighted by molar-refractivity contribution is 8.00. The predicted molar refractivity (Wildman–Crippen MR) is 76.1 cm³/mol. The number of aromatic amines is 1. The number of carbonyl (C=O) groups excluding carboxylic acids is 1. The van der Waals surface area contributed by atoms with E-state index in [9.17, 15) is 9.59 Å². The van der Waals surface area contributed by atoms with Crippen LogP contribution in [0.5, 0.6) is 0 Å². The Bertz CT molecular complexity index is 652. The molecule has 0 spiro atoms. The van der Waals surface area contributed by atoms with Gasteiger partial charge in [-0.05, 0) is 36.8 Å². The number of carbonyl (C=O) groups is 1. The Morgan fingerprint density at radius 2 is 2.05 bits per heavy atom. The Balaban J connectivity index is 2.06. The average molecular weight is 295 g/mol. The van der Waals surface area contributed by atoms with Crippen molar-refractivity contribution in [3.8, 4) is 0 Å². The van der Waals surface area contributed by atoms with E-state index in [-0.39, 0.29) is 11.5 Å². The summed E-state index contributed by atoms with van der Waals surface area (Å²) >= 11 is 7.05. The summed E-state index contributed by atoms with van der Waals surface area (Å²) < 4.78 is 0. The Hall–Kier alpha value is -1.59. The van der Waals surface area contributed by atoms with Crippen molar-refractivity contribution < 1.29 is 4.79 Å². The minimum atomic E-state index is -0.410. The molecule has 0 radical (unpaired) electrons. The first-order valence-corrected chi connectivity index (χ1v) is 6.90. The van der Waals surface area contributed by atoms with E-state index in [1.165, 1.54) is 18.0 Å². The smallest absolute Gasteiger partial charge is 0.300 e. The second-order valence-corrected chi connectivity index (χ2v) is 5.34. The summed E-state index contributed by atoms with van der Waals surface area (Å²) in [4.78, 5) is 29.3. The lowest BCUT2D eigenvalue weighted by molar-refractivity contribution is 0.102. The topological polar surface area (TPSA) is 62.8 Å². The van der Waals surface area contributed by atoms with Crippen LogP contribution in [-0.4, -0.2) is 21.5 Å². The SMILES string of the molecule is Cc1cnc(=O)[nH]c1SCC(=O)c1ccc(Cl)cc1. The fraction of sp³-hybridized carbons (Fsp3) is 0.154. The van der Waals surface area contributed by atoms with Crippen molar-refractivity contribution in [3.05, 3.63) is 57.1 Å². The van der Waals surface area contributed by atoms with Gasteiger partial charge in [-0.1, -0.05) is 23.4 Å². The van der Waals surface area contributed by atoms with E-state index in [4.69, 9.17) is 11.6 Å². The lowest BCUT2D eigenvalue weighted by Crippen LogP contribution is -2.12. The van der Waals surface area contributed by atoms with Gasteiger partial charge in [0.2, 0.25) is 0 Å². The Labute approximate surface area is 119 Å². The number of Topliss-reactive ketones (excluding diaryl/α,β-unsaturated/α-hetero) is 1. The maximum atomic E-state index is 12.0. The van der Waals surface area contributed by atoms with Gasteiger partial charge in [-0.2, -0.15) is 0 Å². The van der Waals surface area contributed by atoms with Crippen LogP contribution in [0.15, 0.2) is 40.3 Å². The summed E-state index contributed by atoms with van der Waals surface area (Å²) in [5.74, 6) is 0.237. The van der Waals surface area contributed by atoms with Crippen LogP contribution in [0.25, 0.3) is 0 Å². The predicted octanol–water partition coefficient (Wildman–Crippen LogP) is 2.71. The zero-order chi connectivity index (χ0) is 13.8. The van der Waals surface area contributed by atoms with Gasteiger partial charge in [0, 0.05) is 16.8 Å². The first-order chi connectivity index (χ1) is 9.06. The molecule has 1 aromatic heterocycles.